The monoisotopic (exact) mass is 554 g/mol. The molecule has 0 radical (unpaired) electrons. The largest absolute Gasteiger partial charge is 0.497 e. The Morgan fingerprint density at radius 3 is 2.56 bits per heavy atom. The van der Waals surface area contributed by atoms with Crippen LogP contribution >= 0.6 is 24.0 Å². The molecule has 3 aromatic rings. The molecule has 0 fully saturated rings. The molecule has 0 unspecified atom stereocenters. The number of hydrogen-bond acceptors (Lipinski definition) is 4. The van der Waals surface area contributed by atoms with Gasteiger partial charge >= 0.3 is 0 Å². The lowest BCUT2D eigenvalue weighted by Crippen LogP contribution is -2.37. The maximum absolute atomic E-state index is 5.51. The lowest BCUT2D eigenvalue weighted by Gasteiger charge is -2.11. The Balaban J connectivity index is 0.00000363. The molecule has 3 rings (SSSR count). The lowest BCUT2D eigenvalue weighted by molar-refractivity contribution is 0.398. The number of nitrogens with zero attached hydrogens (tertiary/aromatic N) is 3. The first-order valence-corrected chi connectivity index (χ1v) is 10.7. The van der Waals surface area contributed by atoms with Crippen LogP contribution in [0.4, 0.5) is 0 Å². The second-order valence-electron chi connectivity index (χ2n) is 7.58. The fourth-order valence-corrected chi connectivity index (χ4v) is 3.69. The van der Waals surface area contributed by atoms with Gasteiger partial charge in [0.15, 0.2) is 5.96 Å². The van der Waals surface area contributed by atoms with E-state index in [1.165, 1.54) is 11.3 Å². The van der Waals surface area contributed by atoms with Crippen molar-refractivity contribution >= 4 is 40.8 Å². The van der Waals surface area contributed by atoms with Crippen LogP contribution in [0.5, 0.6) is 11.5 Å². The van der Waals surface area contributed by atoms with Crippen molar-refractivity contribution in [3.05, 3.63) is 40.8 Å². The smallest absolute Gasteiger partial charge is 0.191 e. The molecule has 32 heavy (non-hydrogen) atoms. The topological polar surface area (TPSA) is 88.5 Å². The zero-order valence-electron chi connectivity index (χ0n) is 19.8. The average molecular weight is 554 g/mol. The Morgan fingerprint density at radius 1 is 1.16 bits per heavy atom. The molecule has 0 saturated carbocycles. The summed E-state index contributed by atoms with van der Waals surface area (Å²) >= 11 is 0. The van der Waals surface area contributed by atoms with Gasteiger partial charge in [-0.3, -0.25) is 4.68 Å². The Bertz CT molecular complexity index is 1060. The third-order valence-corrected chi connectivity index (χ3v) is 5.50. The average Bonchev–Trinajstić information content (AvgIpc) is 3.28. The summed E-state index contributed by atoms with van der Waals surface area (Å²) in [4.78, 5) is 8.22. The second kappa shape index (κ2) is 12.0. The number of guanidine groups is 1. The number of aryl methyl sites for hydroxylation is 3. The number of benzene rings is 1. The van der Waals surface area contributed by atoms with Gasteiger partial charge in [0.2, 0.25) is 0 Å². The number of methoxy groups -OCH3 is 2. The van der Waals surface area contributed by atoms with Crippen LogP contribution in [-0.2, 0) is 20.0 Å². The van der Waals surface area contributed by atoms with Crippen LogP contribution in [0, 0.1) is 13.8 Å². The van der Waals surface area contributed by atoms with E-state index < -0.39 is 0 Å². The lowest BCUT2D eigenvalue weighted by atomic mass is 10.2. The summed E-state index contributed by atoms with van der Waals surface area (Å²) in [7, 11) is 5.31. The zero-order valence-corrected chi connectivity index (χ0v) is 22.2. The van der Waals surface area contributed by atoms with Crippen molar-refractivity contribution in [3.63, 3.8) is 0 Å². The van der Waals surface area contributed by atoms with Crippen LogP contribution in [0.3, 0.4) is 0 Å². The number of rotatable bonds is 9. The molecule has 3 N–H and O–H groups in total. The van der Waals surface area contributed by atoms with E-state index >= 15 is 0 Å². The van der Waals surface area contributed by atoms with Gasteiger partial charge < -0.3 is 25.1 Å². The molecule has 176 valence electrons. The van der Waals surface area contributed by atoms with Gasteiger partial charge in [0.25, 0.3) is 0 Å². The van der Waals surface area contributed by atoms with Crippen molar-refractivity contribution in [3.8, 4) is 11.5 Å². The molecular formula is C23H35IN6O2. The maximum Gasteiger partial charge on any atom is 0.191 e. The molecule has 0 aliphatic rings. The first kappa shape index (κ1) is 25.8. The molecule has 1 aromatic carbocycles. The van der Waals surface area contributed by atoms with E-state index in [2.05, 4.69) is 40.6 Å². The summed E-state index contributed by atoms with van der Waals surface area (Å²) in [5.74, 6) is 2.43. The summed E-state index contributed by atoms with van der Waals surface area (Å²) in [5.41, 5.74) is 5.57. The summed E-state index contributed by atoms with van der Waals surface area (Å²) in [6.07, 6.45) is 1.90. The summed E-state index contributed by atoms with van der Waals surface area (Å²) in [5, 5.41) is 12.3. The van der Waals surface area contributed by atoms with E-state index in [1.807, 2.05) is 30.8 Å². The Hall–Kier alpha value is -2.43. The van der Waals surface area contributed by atoms with Crippen molar-refractivity contribution in [2.75, 3.05) is 27.3 Å². The van der Waals surface area contributed by atoms with Crippen molar-refractivity contribution in [1.82, 2.24) is 25.4 Å². The van der Waals surface area contributed by atoms with Crippen LogP contribution in [0.2, 0.25) is 0 Å². The maximum atomic E-state index is 5.51. The van der Waals surface area contributed by atoms with E-state index in [-0.39, 0.29) is 24.0 Å². The van der Waals surface area contributed by atoms with E-state index in [0.717, 1.165) is 65.7 Å². The number of aromatic nitrogens is 3. The normalized spacial score (nSPS) is 11.4. The number of hydrogen-bond donors (Lipinski definition) is 3. The van der Waals surface area contributed by atoms with Crippen LogP contribution in [0.15, 0.2) is 23.2 Å². The SMILES string of the molecule is CCNC(=NCc1c(C)nn(C)c1C)NCCCc1cc2c(OC)cc(OC)cc2[nH]1.I. The molecular weight excluding hydrogens is 519 g/mol. The van der Waals surface area contributed by atoms with Gasteiger partial charge in [0.1, 0.15) is 11.5 Å². The molecule has 0 aliphatic carbocycles. The third-order valence-electron chi connectivity index (χ3n) is 5.50. The quantitative estimate of drug-likeness (QED) is 0.162. The summed E-state index contributed by atoms with van der Waals surface area (Å²) in [6, 6.07) is 6.06. The van der Waals surface area contributed by atoms with Crippen molar-refractivity contribution < 1.29 is 9.47 Å². The number of halogens is 1. The molecule has 0 bridgehead atoms. The van der Waals surface area contributed by atoms with Crippen LogP contribution in [0.1, 0.15) is 36.0 Å². The highest BCUT2D eigenvalue weighted by atomic mass is 127. The summed E-state index contributed by atoms with van der Waals surface area (Å²) < 4.78 is 12.8. The van der Waals surface area contributed by atoms with Gasteiger partial charge in [-0.05, 0) is 39.7 Å². The highest BCUT2D eigenvalue weighted by Crippen LogP contribution is 2.31. The molecule has 9 heteroatoms. The molecule has 0 atom stereocenters. The molecule has 8 nitrogen and oxygen atoms in total. The van der Waals surface area contributed by atoms with E-state index in [1.54, 1.807) is 14.2 Å². The number of ether oxygens (including phenoxy) is 2. The molecule has 0 amide bonds. The fourth-order valence-electron chi connectivity index (χ4n) is 3.69. The zero-order chi connectivity index (χ0) is 22.4. The number of fused-ring (bicyclic) bond motifs is 1. The van der Waals surface area contributed by atoms with Crippen LogP contribution in [0.25, 0.3) is 10.9 Å². The minimum atomic E-state index is 0. The first-order valence-electron chi connectivity index (χ1n) is 10.7. The highest BCUT2D eigenvalue weighted by Gasteiger charge is 2.10. The third kappa shape index (κ3) is 6.08. The van der Waals surface area contributed by atoms with Crippen molar-refractivity contribution in [2.45, 2.75) is 40.2 Å². The number of aliphatic imine (C=N–C) groups is 1. The Kier molecular flexibility index (Phi) is 9.67. The number of nitrogens with one attached hydrogen (secondary N) is 3. The predicted molar refractivity (Wildman–Crippen MR) is 141 cm³/mol. The van der Waals surface area contributed by atoms with Gasteiger partial charge in [0.05, 0.1) is 32.0 Å². The van der Waals surface area contributed by atoms with Crippen molar-refractivity contribution in [1.29, 1.82) is 0 Å². The van der Waals surface area contributed by atoms with E-state index in [0.29, 0.717) is 6.54 Å². The van der Waals surface area contributed by atoms with Gasteiger partial charge in [-0.15, -0.1) is 24.0 Å². The Labute approximate surface area is 207 Å². The first-order chi connectivity index (χ1) is 15.0. The molecule has 2 heterocycles. The standard InChI is InChI=1S/C23H34N6O2.HI/c1-7-24-23(26-14-20-15(2)28-29(4)16(20)3)25-10-8-9-17-11-19-21(27-17)12-18(30-5)13-22(19)31-6;/h11-13,27H,7-10,14H2,1-6H3,(H2,24,25,26);1H. The minimum absolute atomic E-state index is 0. The van der Waals surface area contributed by atoms with Gasteiger partial charge in [-0.25, -0.2) is 4.99 Å². The second-order valence-corrected chi connectivity index (χ2v) is 7.58. The minimum Gasteiger partial charge on any atom is -0.497 e. The predicted octanol–water partition coefficient (Wildman–Crippen LogP) is 3.84. The molecule has 0 aliphatic heterocycles. The molecule has 2 aromatic heterocycles. The van der Waals surface area contributed by atoms with E-state index in [4.69, 9.17) is 14.5 Å². The summed E-state index contributed by atoms with van der Waals surface area (Å²) in [6.45, 7) is 8.45. The molecule has 0 saturated heterocycles. The fraction of sp³-hybridized carbons (Fsp3) is 0.478. The van der Waals surface area contributed by atoms with Gasteiger partial charge in [-0.1, -0.05) is 0 Å². The number of H-pyrrole nitrogens is 1. The van der Waals surface area contributed by atoms with Gasteiger partial charge in [0, 0.05) is 54.6 Å². The molecule has 0 spiro atoms. The highest BCUT2D eigenvalue weighted by molar-refractivity contribution is 14.0. The van der Waals surface area contributed by atoms with Crippen LogP contribution in [-0.4, -0.2) is 48.0 Å². The van der Waals surface area contributed by atoms with Gasteiger partial charge in [-0.2, -0.15) is 5.10 Å². The van der Waals surface area contributed by atoms with E-state index in [9.17, 15) is 0 Å². The Morgan fingerprint density at radius 2 is 1.94 bits per heavy atom. The van der Waals surface area contributed by atoms with Crippen LogP contribution < -0.4 is 20.1 Å². The number of aromatic amines is 1. The van der Waals surface area contributed by atoms with Crippen molar-refractivity contribution in [2.24, 2.45) is 12.0 Å².